The van der Waals surface area contributed by atoms with Crippen LogP contribution in [0.5, 0.6) is 0 Å². The van der Waals surface area contributed by atoms with Gasteiger partial charge in [0.05, 0.1) is 0 Å². The van der Waals surface area contributed by atoms with Crippen molar-refractivity contribution in [3.05, 3.63) is 0 Å². The molecule has 2 aliphatic rings. The van der Waals surface area contributed by atoms with Gasteiger partial charge in [-0.3, -0.25) is 4.90 Å². The topological polar surface area (TPSA) is 15.3 Å². The second-order valence-electron chi connectivity index (χ2n) is 8.10. The van der Waals surface area contributed by atoms with E-state index in [0.717, 1.165) is 18.0 Å². The molecule has 1 saturated carbocycles. The summed E-state index contributed by atoms with van der Waals surface area (Å²) in [6, 6.07) is 2.20. The highest BCUT2D eigenvalue weighted by Crippen LogP contribution is 2.40. The maximum Gasteiger partial charge on any atom is 0.0274 e. The highest BCUT2D eigenvalue weighted by atomic mass is 15.2. The van der Waals surface area contributed by atoms with E-state index in [0.29, 0.717) is 11.5 Å². The minimum absolute atomic E-state index is 0.445. The number of hydrogen-bond acceptors (Lipinski definition) is 2. The Morgan fingerprint density at radius 3 is 2.60 bits per heavy atom. The van der Waals surface area contributed by atoms with Crippen molar-refractivity contribution in [1.82, 2.24) is 10.2 Å². The van der Waals surface area contributed by atoms with Crippen molar-refractivity contribution >= 4 is 0 Å². The van der Waals surface area contributed by atoms with Crippen LogP contribution in [0, 0.1) is 11.3 Å². The number of nitrogens with one attached hydrogen (secondary N) is 1. The van der Waals surface area contributed by atoms with E-state index < -0.39 is 0 Å². The molecule has 0 aromatic heterocycles. The van der Waals surface area contributed by atoms with Crippen LogP contribution in [-0.2, 0) is 0 Å². The fourth-order valence-electron chi connectivity index (χ4n) is 4.60. The Kier molecular flexibility index (Phi) is 5.53. The molecule has 0 spiro atoms. The second-order valence-corrected chi connectivity index (χ2v) is 8.10. The highest BCUT2D eigenvalue weighted by Gasteiger charge is 2.42. The number of likely N-dealkylation sites (tertiary alicyclic amines) is 1. The first-order valence-corrected chi connectivity index (χ1v) is 8.95. The van der Waals surface area contributed by atoms with Gasteiger partial charge in [0, 0.05) is 18.1 Å². The van der Waals surface area contributed by atoms with Gasteiger partial charge in [-0.15, -0.1) is 0 Å². The van der Waals surface area contributed by atoms with Crippen molar-refractivity contribution in [2.24, 2.45) is 11.3 Å². The Hall–Kier alpha value is -0.0800. The SMILES string of the molecule is CCCNC1C(N2CCC(C)CC2C)CCCC1(C)C. The van der Waals surface area contributed by atoms with Gasteiger partial charge in [0.1, 0.15) is 0 Å². The maximum absolute atomic E-state index is 3.90. The molecule has 20 heavy (non-hydrogen) atoms. The molecule has 0 aromatic rings. The van der Waals surface area contributed by atoms with E-state index in [1.165, 1.54) is 51.6 Å². The minimum atomic E-state index is 0.445. The first-order valence-electron chi connectivity index (χ1n) is 8.95. The summed E-state index contributed by atoms with van der Waals surface area (Å²) in [4.78, 5) is 2.84. The van der Waals surface area contributed by atoms with E-state index in [1.54, 1.807) is 0 Å². The molecule has 2 heteroatoms. The largest absolute Gasteiger partial charge is 0.312 e. The van der Waals surface area contributed by atoms with Crippen LogP contribution < -0.4 is 5.32 Å². The summed E-state index contributed by atoms with van der Waals surface area (Å²) >= 11 is 0. The van der Waals surface area contributed by atoms with E-state index in [4.69, 9.17) is 0 Å². The van der Waals surface area contributed by atoms with Crippen LogP contribution in [0.25, 0.3) is 0 Å². The molecule has 0 amide bonds. The zero-order valence-electron chi connectivity index (χ0n) is 14.4. The number of hydrogen-bond donors (Lipinski definition) is 1. The molecule has 2 fully saturated rings. The van der Waals surface area contributed by atoms with Crippen molar-refractivity contribution in [2.75, 3.05) is 13.1 Å². The normalized spacial score (nSPS) is 38.9. The molecule has 0 aromatic carbocycles. The van der Waals surface area contributed by atoms with Crippen molar-refractivity contribution in [3.8, 4) is 0 Å². The van der Waals surface area contributed by atoms with E-state index in [2.05, 4.69) is 44.8 Å². The van der Waals surface area contributed by atoms with Gasteiger partial charge in [-0.05, 0) is 63.5 Å². The fourth-order valence-corrected chi connectivity index (χ4v) is 4.60. The summed E-state index contributed by atoms with van der Waals surface area (Å²) in [6.45, 7) is 14.6. The Balaban J connectivity index is 2.09. The third kappa shape index (κ3) is 3.57. The van der Waals surface area contributed by atoms with Crippen molar-refractivity contribution < 1.29 is 0 Å². The summed E-state index contributed by atoms with van der Waals surface area (Å²) in [6.07, 6.45) is 8.19. The number of piperidine rings is 1. The van der Waals surface area contributed by atoms with Crippen LogP contribution in [0.4, 0.5) is 0 Å². The van der Waals surface area contributed by atoms with Crippen molar-refractivity contribution in [2.45, 2.75) is 91.3 Å². The lowest BCUT2D eigenvalue weighted by atomic mass is 9.69. The molecule has 4 unspecified atom stereocenters. The smallest absolute Gasteiger partial charge is 0.0274 e. The fraction of sp³-hybridized carbons (Fsp3) is 1.00. The second kappa shape index (κ2) is 6.79. The summed E-state index contributed by atoms with van der Waals surface area (Å²) in [5.41, 5.74) is 0.445. The van der Waals surface area contributed by atoms with Gasteiger partial charge >= 0.3 is 0 Å². The summed E-state index contributed by atoms with van der Waals surface area (Å²) < 4.78 is 0. The zero-order chi connectivity index (χ0) is 14.8. The van der Waals surface area contributed by atoms with Crippen LogP contribution in [0.3, 0.4) is 0 Å². The molecule has 1 aliphatic carbocycles. The Labute approximate surface area is 126 Å². The molecule has 1 aliphatic heterocycles. The molecule has 0 radical (unpaired) electrons. The third-order valence-corrected chi connectivity index (χ3v) is 5.78. The summed E-state index contributed by atoms with van der Waals surface area (Å²) in [7, 11) is 0. The zero-order valence-corrected chi connectivity index (χ0v) is 14.4. The lowest BCUT2D eigenvalue weighted by Gasteiger charge is -2.52. The third-order valence-electron chi connectivity index (χ3n) is 5.78. The Bertz CT molecular complexity index is 300. The Morgan fingerprint density at radius 2 is 1.95 bits per heavy atom. The standard InChI is InChI=1S/C18H36N2/c1-6-11-19-17-16(8-7-10-18(17,4)5)20-12-9-14(2)13-15(20)3/h14-17,19H,6-13H2,1-5H3. The molecule has 2 rings (SSSR count). The van der Waals surface area contributed by atoms with Gasteiger partial charge in [0.15, 0.2) is 0 Å². The van der Waals surface area contributed by atoms with E-state index in [-0.39, 0.29) is 0 Å². The summed E-state index contributed by atoms with van der Waals surface area (Å²) in [5, 5.41) is 3.90. The predicted octanol–water partition coefficient (Wildman–Crippen LogP) is 4.05. The average molecular weight is 280 g/mol. The summed E-state index contributed by atoms with van der Waals surface area (Å²) in [5.74, 6) is 0.917. The van der Waals surface area contributed by atoms with Gasteiger partial charge in [-0.25, -0.2) is 0 Å². The van der Waals surface area contributed by atoms with Crippen molar-refractivity contribution in [1.29, 1.82) is 0 Å². The van der Waals surface area contributed by atoms with E-state index in [9.17, 15) is 0 Å². The maximum atomic E-state index is 3.90. The molecule has 118 valence electrons. The quantitative estimate of drug-likeness (QED) is 0.835. The van der Waals surface area contributed by atoms with E-state index >= 15 is 0 Å². The lowest BCUT2D eigenvalue weighted by molar-refractivity contribution is 0.00258. The van der Waals surface area contributed by atoms with Crippen LogP contribution in [0.1, 0.15) is 73.1 Å². The highest BCUT2D eigenvalue weighted by molar-refractivity contribution is 5.00. The van der Waals surface area contributed by atoms with Crippen LogP contribution in [0.15, 0.2) is 0 Å². The van der Waals surface area contributed by atoms with Gasteiger partial charge in [-0.1, -0.05) is 34.1 Å². The van der Waals surface area contributed by atoms with Crippen molar-refractivity contribution in [3.63, 3.8) is 0 Å². The molecule has 1 N–H and O–H groups in total. The Morgan fingerprint density at radius 1 is 1.20 bits per heavy atom. The molecule has 1 heterocycles. The molecule has 0 bridgehead atoms. The first kappa shape index (κ1) is 16.3. The predicted molar refractivity (Wildman–Crippen MR) is 88.1 cm³/mol. The molecule has 2 nitrogen and oxygen atoms in total. The van der Waals surface area contributed by atoms with Crippen LogP contribution in [-0.4, -0.2) is 36.1 Å². The molecule has 1 saturated heterocycles. The molecular formula is C18H36N2. The lowest BCUT2D eigenvalue weighted by Crippen LogP contribution is -2.61. The molecule has 4 atom stereocenters. The monoisotopic (exact) mass is 280 g/mol. The van der Waals surface area contributed by atoms with Gasteiger partial charge < -0.3 is 5.32 Å². The number of rotatable bonds is 4. The van der Waals surface area contributed by atoms with Crippen LogP contribution in [0.2, 0.25) is 0 Å². The molecular weight excluding hydrogens is 244 g/mol. The average Bonchev–Trinajstić information content (AvgIpc) is 2.36. The van der Waals surface area contributed by atoms with Gasteiger partial charge in [0.25, 0.3) is 0 Å². The first-order chi connectivity index (χ1) is 9.45. The van der Waals surface area contributed by atoms with Gasteiger partial charge in [0.2, 0.25) is 0 Å². The van der Waals surface area contributed by atoms with E-state index in [1.807, 2.05) is 0 Å². The number of nitrogens with zero attached hydrogens (tertiary/aromatic N) is 1. The minimum Gasteiger partial charge on any atom is -0.312 e. The van der Waals surface area contributed by atoms with Crippen LogP contribution >= 0.6 is 0 Å². The van der Waals surface area contributed by atoms with Gasteiger partial charge in [-0.2, -0.15) is 0 Å².